The van der Waals surface area contributed by atoms with E-state index in [1.807, 2.05) is 0 Å². The quantitative estimate of drug-likeness (QED) is 0.877. The van der Waals surface area contributed by atoms with E-state index in [-0.39, 0.29) is 18.3 Å². The highest BCUT2D eigenvalue weighted by molar-refractivity contribution is 5.29. The Balaban J connectivity index is 2.06. The van der Waals surface area contributed by atoms with Crippen molar-refractivity contribution in [2.75, 3.05) is 6.61 Å². The first kappa shape index (κ1) is 14.7. The average Bonchev–Trinajstić information content (AvgIpc) is 2.39. The lowest BCUT2D eigenvalue weighted by atomic mass is 9.92. The van der Waals surface area contributed by atoms with Crippen molar-refractivity contribution in [2.24, 2.45) is 5.92 Å². The van der Waals surface area contributed by atoms with Crippen molar-refractivity contribution in [1.29, 1.82) is 0 Å². The van der Waals surface area contributed by atoms with Crippen molar-refractivity contribution in [1.82, 2.24) is 0 Å². The summed E-state index contributed by atoms with van der Waals surface area (Å²) in [5.41, 5.74) is 4.82. The number of rotatable bonds is 5. The van der Waals surface area contributed by atoms with E-state index in [0.29, 0.717) is 0 Å². The first-order valence-electron chi connectivity index (χ1n) is 6.99. The third-order valence-corrected chi connectivity index (χ3v) is 3.50. The van der Waals surface area contributed by atoms with Crippen LogP contribution in [0.4, 0.5) is 4.39 Å². The number of hydrogen-bond acceptors (Lipinski definition) is 1. The molecule has 2 heteroatoms. The zero-order valence-electron chi connectivity index (χ0n) is 12.1. The lowest BCUT2D eigenvalue weighted by Gasteiger charge is -2.15. The van der Waals surface area contributed by atoms with Crippen LogP contribution in [0, 0.1) is 25.6 Å². The van der Waals surface area contributed by atoms with Crippen LogP contribution < -0.4 is 0 Å². The van der Waals surface area contributed by atoms with E-state index in [9.17, 15) is 9.50 Å². The fraction of sp³-hybridized carbons (Fsp3) is 0.333. The van der Waals surface area contributed by atoms with E-state index in [4.69, 9.17) is 0 Å². The summed E-state index contributed by atoms with van der Waals surface area (Å²) >= 11 is 0. The summed E-state index contributed by atoms with van der Waals surface area (Å²) < 4.78 is 12.9. The van der Waals surface area contributed by atoms with Crippen LogP contribution in [0.5, 0.6) is 0 Å². The first-order valence-corrected chi connectivity index (χ1v) is 6.99. The minimum absolute atomic E-state index is 0.143. The van der Waals surface area contributed by atoms with Crippen LogP contribution in [-0.2, 0) is 12.8 Å². The minimum atomic E-state index is -0.219. The molecule has 1 N–H and O–H groups in total. The van der Waals surface area contributed by atoms with E-state index < -0.39 is 0 Å². The SMILES string of the molecule is Cc1cc(C)cc(CC(CO)Cc2ccc(F)cc2)c1. The Morgan fingerprint density at radius 1 is 0.900 bits per heavy atom. The molecule has 0 aliphatic carbocycles. The molecule has 1 nitrogen and oxygen atoms in total. The molecule has 2 rings (SSSR count). The standard InChI is InChI=1S/C18H21FO/c1-13-7-14(2)9-16(8-13)11-17(12-20)10-15-3-5-18(19)6-4-15/h3-9,17,20H,10-12H2,1-2H3. The summed E-state index contributed by atoms with van der Waals surface area (Å²) in [6.45, 7) is 4.32. The molecule has 0 saturated carbocycles. The third-order valence-electron chi connectivity index (χ3n) is 3.50. The van der Waals surface area contributed by atoms with Crippen molar-refractivity contribution < 1.29 is 9.50 Å². The van der Waals surface area contributed by atoms with Crippen molar-refractivity contribution in [3.8, 4) is 0 Å². The van der Waals surface area contributed by atoms with Crippen LogP contribution in [0.25, 0.3) is 0 Å². The Labute approximate surface area is 120 Å². The van der Waals surface area contributed by atoms with Gasteiger partial charge in [-0.3, -0.25) is 0 Å². The monoisotopic (exact) mass is 272 g/mol. The molecule has 0 radical (unpaired) electrons. The van der Waals surface area contributed by atoms with Gasteiger partial charge < -0.3 is 5.11 Å². The molecule has 106 valence electrons. The molecule has 0 bridgehead atoms. The Bertz CT molecular complexity index is 540. The maximum absolute atomic E-state index is 12.9. The van der Waals surface area contributed by atoms with Gasteiger partial charge in [-0.05, 0) is 55.9 Å². The van der Waals surface area contributed by atoms with Crippen LogP contribution in [0.15, 0.2) is 42.5 Å². The van der Waals surface area contributed by atoms with Crippen LogP contribution in [0.1, 0.15) is 22.3 Å². The molecule has 0 spiro atoms. The van der Waals surface area contributed by atoms with Gasteiger partial charge in [0.05, 0.1) is 0 Å². The van der Waals surface area contributed by atoms with E-state index in [2.05, 4.69) is 32.0 Å². The smallest absolute Gasteiger partial charge is 0.123 e. The largest absolute Gasteiger partial charge is 0.396 e. The normalized spacial score (nSPS) is 12.4. The minimum Gasteiger partial charge on any atom is -0.396 e. The average molecular weight is 272 g/mol. The van der Waals surface area contributed by atoms with E-state index in [0.717, 1.165) is 18.4 Å². The number of aliphatic hydroxyl groups is 1. The van der Waals surface area contributed by atoms with Gasteiger partial charge in [0, 0.05) is 6.61 Å². The molecule has 0 aromatic heterocycles. The fourth-order valence-corrected chi connectivity index (χ4v) is 2.68. The molecule has 0 fully saturated rings. The number of aryl methyl sites for hydroxylation is 2. The zero-order valence-corrected chi connectivity index (χ0v) is 12.1. The van der Waals surface area contributed by atoms with Crippen LogP contribution >= 0.6 is 0 Å². The number of hydrogen-bond donors (Lipinski definition) is 1. The molecule has 0 heterocycles. The van der Waals surface area contributed by atoms with E-state index >= 15 is 0 Å². The highest BCUT2D eigenvalue weighted by atomic mass is 19.1. The molecular weight excluding hydrogens is 251 g/mol. The van der Waals surface area contributed by atoms with Crippen LogP contribution in [0.3, 0.4) is 0 Å². The van der Waals surface area contributed by atoms with E-state index in [1.54, 1.807) is 12.1 Å². The molecule has 2 aromatic rings. The van der Waals surface area contributed by atoms with Crippen LogP contribution in [-0.4, -0.2) is 11.7 Å². The van der Waals surface area contributed by atoms with Gasteiger partial charge in [-0.25, -0.2) is 4.39 Å². The predicted molar refractivity (Wildman–Crippen MR) is 80.3 cm³/mol. The summed E-state index contributed by atoms with van der Waals surface area (Å²) in [7, 11) is 0. The molecule has 1 unspecified atom stereocenters. The summed E-state index contributed by atoms with van der Waals surface area (Å²) in [5.74, 6) is -0.0507. The van der Waals surface area contributed by atoms with Gasteiger partial charge >= 0.3 is 0 Å². The van der Waals surface area contributed by atoms with Gasteiger partial charge in [0.15, 0.2) is 0 Å². The lowest BCUT2D eigenvalue weighted by molar-refractivity contribution is 0.225. The van der Waals surface area contributed by atoms with Crippen molar-refractivity contribution >= 4 is 0 Å². The van der Waals surface area contributed by atoms with E-state index in [1.165, 1.54) is 28.8 Å². The Morgan fingerprint density at radius 2 is 1.45 bits per heavy atom. The summed E-state index contributed by atoms with van der Waals surface area (Å²) in [6, 6.07) is 13.0. The Hall–Kier alpha value is -1.67. The molecule has 0 saturated heterocycles. The zero-order chi connectivity index (χ0) is 14.5. The van der Waals surface area contributed by atoms with Gasteiger partial charge in [0.2, 0.25) is 0 Å². The highest BCUT2D eigenvalue weighted by Crippen LogP contribution is 2.17. The molecule has 2 aromatic carbocycles. The van der Waals surface area contributed by atoms with Gasteiger partial charge in [0.1, 0.15) is 5.82 Å². The van der Waals surface area contributed by atoms with Gasteiger partial charge in [0.25, 0.3) is 0 Å². The molecule has 20 heavy (non-hydrogen) atoms. The van der Waals surface area contributed by atoms with Crippen molar-refractivity contribution in [3.05, 3.63) is 70.5 Å². The maximum Gasteiger partial charge on any atom is 0.123 e. The molecule has 0 amide bonds. The second-order valence-electron chi connectivity index (χ2n) is 5.58. The number of benzene rings is 2. The van der Waals surface area contributed by atoms with Gasteiger partial charge in [-0.2, -0.15) is 0 Å². The summed E-state index contributed by atoms with van der Waals surface area (Å²) in [6.07, 6.45) is 1.61. The summed E-state index contributed by atoms with van der Waals surface area (Å²) in [4.78, 5) is 0. The van der Waals surface area contributed by atoms with Gasteiger partial charge in [-0.15, -0.1) is 0 Å². The highest BCUT2D eigenvalue weighted by Gasteiger charge is 2.10. The van der Waals surface area contributed by atoms with Crippen molar-refractivity contribution in [3.63, 3.8) is 0 Å². The van der Waals surface area contributed by atoms with Gasteiger partial charge in [-0.1, -0.05) is 41.5 Å². The topological polar surface area (TPSA) is 20.2 Å². The second kappa shape index (κ2) is 6.67. The molecule has 1 atom stereocenters. The molecule has 0 aliphatic rings. The predicted octanol–water partition coefficient (Wildman–Crippen LogP) is 3.84. The fourth-order valence-electron chi connectivity index (χ4n) is 2.68. The molecular formula is C18H21FO. The Morgan fingerprint density at radius 3 is 2.00 bits per heavy atom. The maximum atomic E-state index is 12.9. The number of halogens is 1. The first-order chi connectivity index (χ1) is 9.56. The Kier molecular flexibility index (Phi) is 4.91. The second-order valence-corrected chi connectivity index (χ2v) is 5.58. The summed E-state index contributed by atoms with van der Waals surface area (Å²) in [5, 5.41) is 9.57. The van der Waals surface area contributed by atoms with Crippen molar-refractivity contribution in [2.45, 2.75) is 26.7 Å². The molecule has 0 aliphatic heterocycles. The van der Waals surface area contributed by atoms with Crippen LogP contribution in [0.2, 0.25) is 0 Å². The third kappa shape index (κ3) is 4.17. The lowest BCUT2D eigenvalue weighted by Crippen LogP contribution is -2.13. The number of aliphatic hydroxyl groups excluding tert-OH is 1.